The summed E-state index contributed by atoms with van der Waals surface area (Å²) in [6.45, 7) is 0.471. The average molecular weight is 328 g/mol. The normalized spacial score (nSPS) is 16.5. The number of methoxy groups -OCH3 is 1. The molecule has 1 aliphatic rings. The summed E-state index contributed by atoms with van der Waals surface area (Å²) in [5.41, 5.74) is 2.53. The van der Waals surface area contributed by atoms with Crippen LogP contribution in [0, 0.1) is 0 Å². The lowest BCUT2D eigenvalue weighted by atomic mass is 10.0. The first-order chi connectivity index (χ1) is 11.6. The van der Waals surface area contributed by atoms with Gasteiger partial charge in [-0.15, -0.1) is 0 Å². The van der Waals surface area contributed by atoms with Gasteiger partial charge in [0.05, 0.1) is 25.1 Å². The summed E-state index contributed by atoms with van der Waals surface area (Å²) in [7, 11) is 5.21. The van der Waals surface area contributed by atoms with Crippen molar-refractivity contribution in [3.8, 4) is 5.75 Å². The number of benzene rings is 1. The second-order valence-electron chi connectivity index (χ2n) is 5.68. The fourth-order valence-corrected chi connectivity index (χ4v) is 2.68. The highest BCUT2D eigenvalue weighted by molar-refractivity contribution is 6.05. The zero-order valence-electron chi connectivity index (χ0n) is 14.0. The van der Waals surface area contributed by atoms with Crippen molar-refractivity contribution in [2.24, 2.45) is 12.2 Å². The molecule has 1 aromatic heterocycles. The van der Waals surface area contributed by atoms with Crippen molar-refractivity contribution in [2.45, 2.75) is 19.1 Å². The van der Waals surface area contributed by atoms with Crippen LogP contribution in [-0.2, 0) is 23.2 Å². The van der Waals surface area contributed by atoms with Gasteiger partial charge >= 0.3 is 0 Å². The van der Waals surface area contributed by atoms with E-state index in [-0.39, 0.29) is 5.91 Å². The molecular formula is C17H20N4O3. The van der Waals surface area contributed by atoms with Crippen LogP contribution >= 0.6 is 0 Å². The van der Waals surface area contributed by atoms with Crippen molar-refractivity contribution in [3.63, 3.8) is 0 Å². The maximum Gasteiger partial charge on any atom is 0.267 e. The first kappa shape index (κ1) is 16.0. The van der Waals surface area contributed by atoms with Crippen molar-refractivity contribution in [2.75, 3.05) is 14.2 Å². The van der Waals surface area contributed by atoms with Crippen LogP contribution < -0.4 is 4.74 Å². The summed E-state index contributed by atoms with van der Waals surface area (Å²) in [5, 5.41) is 8.19. The zero-order chi connectivity index (χ0) is 17.1. The van der Waals surface area contributed by atoms with Gasteiger partial charge in [0, 0.05) is 32.3 Å². The third-order valence-electron chi connectivity index (χ3n) is 4.06. The molecule has 0 aliphatic carbocycles. The van der Waals surface area contributed by atoms with Gasteiger partial charge < -0.3 is 14.5 Å². The summed E-state index contributed by atoms with van der Waals surface area (Å²) in [4.78, 5) is 19.6. The van der Waals surface area contributed by atoms with E-state index in [1.807, 2.05) is 37.4 Å². The van der Waals surface area contributed by atoms with Gasteiger partial charge in [-0.25, -0.2) is 0 Å². The van der Waals surface area contributed by atoms with Gasteiger partial charge in [-0.05, 0) is 18.2 Å². The number of carbonyl (C=O) groups is 1. The first-order valence-corrected chi connectivity index (χ1v) is 7.68. The fraction of sp³-hybridized carbons (Fsp3) is 0.353. The van der Waals surface area contributed by atoms with Gasteiger partial charge in [0.15, 0.2) is 0 Å². The van der Waals surface area contributed by atoms with Crippen LogP contribution in [0.4, 0.5) is 0 Å². The minimum Gasteiger partial charge on any atom is -0.496 e. The van der Waals surface area contributed by atoms with E-state index in [4.69, 9.17) is 9.57 Å². The van der Waals surface area contributed by atoms with Gasteiger partial charge in [0.2, 0.25) is 6.10 Å². The van der Waals surface area contributed by atoms with Crippen molar-refractivity contribution in [3.05, 3.63) is 47.8 Å². The molecule has 24 heavy (non-hydrogen) atoms. The Morgan fingerprint density at radius 1 is 1.42 bits per heavy atom. The predicted molar refractivity (Wildman–Crippen MR) is 88.7 cm³/mol. The van der Waals surface area contributed by atoms with E-state index >= 15 is 0 Å². The molecule has 7 heteroatoms. The van der Waals surface area contributed by atoms with E-state index in [1.165, 1.54) is 0 Å². The number of hydrogen-bond donors (Lipinski definition) is 0. The maximum absolute atomic E-state index is 12.6. The smallest absolute Gasteiger partial charge is 0.267 e. The average Bonchev–Trinajstić information content (AvgIpc) is 3.24. The summed E-state index contributed by atoms with van der Waals surface area (Å²) >= 11 is 0. The lowest BCUT2D eigenvalue weighted by molar-refractivity contribution is -0.141. The number of para-hydroxylation sites is 1. The molecule has 1 amide bonds. The third-order valence-corrected chi connectivity index (χ3v) is 4.06. The number of oxime groups is 1. The van der Waals surface area contributed by atoms with E-state index in [2.05, 4.69) is 10.3 Å². The van der Waals surface area contributed by atoms with Crippen molar-refractivity contribution in [1.29, 1.82) is 0 Å². The molecule has 0 N–H and O–H groups in total. The van der Waals surface area contributed by atoms with Crippen molar-refractivity contribution in [1.82, 2.24) is 14.7 Å². The molecule has 0 saturated carbocycles. The summed E-state index contributed by atoms with van der Waals surface area (Å²) in [6, 6.07) is 9.46. The summed E-state index contributed by atoms with van der Waals surface area (Å²) in [5.74, 6) is 0.612. The Hall–Kier alpha value is -2.83. The maximum atomic E-state index is 12.6. The predicted octanol–water partition coefficient (Wildman–Crippen LogP) is 1.58. The van der Waals surface area contributed by atoms with Crippen LogP contribution in [0.15, 0.2) is 41.7 Å². The van der Waals surface area contributed by atoms with Crippen LogP contribution in [0.25, 0.3) is 0 Å². The molecule has 1 aliphatic heterocycles. The Morgan fingerprint density at radius 2 is 2.21 bits per heavy atom. The first-order valence-electron chi connectivity index (χ1n) is 7.68. The van der Waals surface area contributed by atoms with E-state index in [0.29, 0.717) is 13.0 Å². The van der Waals surface area contributed by atoms with Crippen LogP contribution in [0.5, 0.6) is 5.75 Å². The van der Waals surface area contributed by atoms with E-state index < -0.39 is 6.10 Å². The lowest BCUT2D eigenvalue weighted by Gasteiger charge is -2.19. The summed E-state index contributed by atoms with van der Waals surface area (Å²) < 4.78 is 7.09. The molecule has 126 valence electrons. The number of amides is 1. The Labute approximate surface area is 140 Å². The minimum atomic E-state index is -0.608. The highest BCUT2D eigenvalue weighted by Crippen LogP contribution is 2.25. The molecule has 1 aromatic carbocycles. The Balaban J connectivity index is 1.66. The number of aromatic nitrogens is 2. The van der Waals surface area contributed by atoms with Crippen molar-refractivity contribution >= 4 is 11.6 Å². The number of carbonyl (C=O) groups excluding carboxylic acids is 1. The second kappa shape index (κ2) is 6.74. The molecular weight excluding hydrogens is 308 g/mol. The van der Waals surface area contributed by atoms with E-state index in [0.717, 1.165) is 22.7 Å². The minimum absolute atomic E-state index is 0.107. The molecule has 1 unspecified atom stereocenters. The van der Waals surface area contributed by atoms with Crippen molar-refractivity contribution < 1.29 is 14.4 Å². The SMILES string of the molecule is COc1ccccc1C1=NOC(C(=O)N(C)Cc2ccnn2C)C1. The van der Waals surface area contributed by atoms with Crippen LogP contribution in [0.2, 0.25) is 0 Å². The molecule has 7 nitrogen and oxygen atoms in total. The van der Waals surface area contributed by atoms with Crippen LogP contribution in [0.1, 0.15) is 17.7 Å². The van der Waals surface area contributed by atoms with Crippen LogP contribution in [0.3, 0.4) is 0 Å². The lowest BCUT2D eigenvalue weighted by Crippen LogP contribution is -2.36. The number of ether oxygens (including phenoxy) is 1. The molecule has 0 saturated heterocycles. The molecule has 2 aromatic rings. The topological polar surface area (TPSA) is 69.0 Å². The number of nitrogens with zero attached hydrogens (tertiary/aromatic N) is 4. The molecule has 0 radical (unpaired) electrons. The highest BCUT2D eigenvalue weighted by atomic mass is 16.6. The Bertz CT molecular complexity index is 769. The summed E-state index contributed by atoms with van der Waals surface area (Å²) in [6.07, 6.45) is 1.53. The largest absolute Gasteiger partial charge is 0.496 e. The molecule has 0 fully saturated rings. The zero-order valence-corrected chi connectivity index (χ0v) is 14.0. The highest BCUT2D eigenvalue weighted by Gasteiger charge is 2.32. The second-order valence-corrected chi connectivity index (χ2v) is 5.68. The fourth-order valence-electron chi connectivity index (χ4n) is 2.68. The Morgan fingerprint density at radius 3 is 2.92 bits per heavy atom. The molecule has 3 rings (SSSR count). The quantitative estimate of drug-likeness (QED) is 0.836. The van der Waals surface area contributed by atoms with Gasteiger partial charge in [-0.2, -0.15) is 5.10 Å². The van der Waals surface area contributed by atoms with E-state index in [9.17, 15) is 4.79 Å². The molecule has 1 atom stereocenters. The molecule has 2 heterocycles. The monoisotopic (exact) mass is 328 g/mol. The van der Waals surface area contributed by atoms with Gasteiger partial charge in [-0.1, -0.05) is 17.3 Å². The number of rotatable bonds is 5. The van der Waals surface area contributed by atoms with E-state index in [1.54, 1.807) is 29.9 Å². The molecule has 0 bridgehead atoms. The van der Waals surface area contributed by atoms with Crippen LogP contribution in [-0.4, -0.2) is 46.6 Å². The third kappa shape index (κ3) is 3.10. The Kier molecular flexibility index (Phi) is 4.50. The number of hydrogen-bond acceptors (Lipinski definition) is 5. The van der Waals surface area contributed by atoms with Gasteiger partial charge in [0.25, 0.3) is 5.91 Å². The molecule has 0 spiro atoms. The standard InChI is InChI=1S/C17H20N4O3/c1-20(11-12-8-9-18-21(12)2)17(22)16-10-14(19-24-16)13-6-4-5-7-15(13)23-3/h4-9,16H,10-11H2,1-3H3. The number of aryl methyl sites for hydroxylation is 1. The van der Waals surface area contributed by atoms with Gasteiger partial charge in [0.1, 0.15) is 5.75 Å². The van der Waals surface area contributed by atoms with Gasteiger partial charge in [-0.3, -0.25) is 9.48 Å². The number of likely N-dealkylation sites (N-methyl/N-ethyl adjacent to an activating group) is 1.